The summed E-state index contributed by atoms with van der Waals surface area (Å²) in [5, 5.41) is 11.7. The van der Waals surface area contributed by atoms with Crippen molar-refractivity contribution in [2.45, 2.75) is 6.04 Å². The molecule has 1 aliphatic rings. The maximum absolute atomic E-state index is 13.5. The molecule has 1 aromatic heterocycles. The van der Waals surface area contributed by atoms with E-state index in [0.29, 0.717) is 44.8 Å². The number of aliphatic hydroxyl groups is 1. The summed E-state index contributed by atoms with van der Waals surface area (Å²) in [5.41, 5.74) is 1.48. The average Bonchev–Trinajstić information content (AvgIpc) is 3.49. The summed E-state index contributed by atoms with van der Waals surface area (Å²) in [6.07, 6.45) is 0. The van der Waals surface area contributed by atoms with Gasteiger partial charge >= 0.3 is 5.91 Å². The van der Waals surface area contributed by atoms with E-state index in [2.05, 4.69) is 4.98 Å². The first kappa shape index (κ1) is 25.1. The van der Waals surface area contributed by atoms with Crippen molar-refractivity contribution in [2.24, 2.45) is 0 Å². The van der Waals surface area contributed by atoms with Crippen molar-refractivity contribution < 1.29 is 33.6 Å². The van der Waals surface area contributed by atoms with Gasteiger partial charge in [0.1, 0.15) is 17.3 Å². The number of rotatable bonds is 7. The van der Waals surface area contributed by atoms with Gasteiger partial charge in [-0.05, 0) is 60.2 Å². The molecular weight excluding hydrogens is 508 g/mol. The Kier molecular flexibility index (Phi) is 6.64. The summed E-state index contributed by atoms with van der Waals surface area (Å²) >= 11 is 1.25. The second-order valence-electron chi connectivity index (χ2n) is 8.34. The highest BCUT2D eigenvalue weighted by atomic mass is 32.1. The van der Waals surface area contributed by atoms with E-state index in [4.69, 9.17) is 18.9 Å². The molecule has 0 radical (unpaired) electrons. The van der Waals surface area contributed by atoms with Crippen molar-refractivity contribution in [1.29, 1.82) is 0 Å². The number of Topliss-reactive ketones (excluding diaryl/α,β-unsaturated/α-hetero) is 1. The highest BCUT2D eigenvalue weighted by Gasteiger charge is 2.48. The van der Waals surface area contributed by atoms with Crippen LogP contribution in [0.25, 0.3) is 16.0 Å². The molecule has 194 valence electrons. The molecule has 1 aliphatic heterocycles. The standard InChI is InChI=1S/C28H24N2O7S/c1-34-17-8-5-15(6-9-17)25(31)23-24(16-7-12-20(36-3)21(13-16)37-4)30(27(33)26(23)32)28-29-19-11-10-18(35-2)14-22(19)38-28/h5-14,24,31H,1-4H3/b25-23+. The molecule has 1 saturated heterocycles. The van der Waals surface area contributed by atoms with Gasteiger partial charge in [0, 0.05) is 5.56 Å². The lowest BCUT2D eigenvalue weighted by Crippen LogP contribution is -2.29. The van der Waals surface area contributed by atoms with Crippen molar-refractivity contribution >= 4 is 44.1 Å². The Morgan fingerprint density at radius 2 is 1.53 bits per heavy atom. The van der Waals surface area contributed by atoms with Gasteiger partial charge in [0.05, 0.1) is 50.3 Å². The molecule has 0 saturated carbocycles. The number of aliphatic hydroxyl groups excluding tert-OH is 1. The Labute approximate surface area is 222 Å². The molecule has 1 N–H and O–H groups in total. The van der Waals surface area contributed by atoms with Gasteiger partial charge in [-0.25, -0.2) is 4.98 Å². The first-order valence-corrected chi connectivity index (χ1v) is 12.3. The predicted octanol–water partition coefficient (Wildman–Crippen LogP) is 4.96. The quantitative estimate of drug-likeness (QED) is 0.202. The number of fused-ring (bicyclic) bond motifs is 1. The summed E-state index contributed by atoms with van der Waals surface area (Å²) in [5.74, 6) is 0.190. The van der Waals surface area contributed by atoms with Gasteiger partial charge in [0.2, 0.25) is 0 Å². The molecule has 10 heteroatoms. The largest absolute Gasteiger partial charge is 0.507 e. The van der Waals surface area contributed by atoms with Crippen LogP contribution in [0.2, 0.25) is 0 Å². The molecule has 1 atom stereocenters. The highest BCUT2D eigenvalue weighted by Crippen LogP contribution is 2.46. The van der Waals surface area contributed by atoms with Gasteiger partial charge in [-0.2, -0.15) is 0 Å². The normalized spacial score (nSPS) is 16.6. The van der Waals surface area contributed by atoms with Gasteiger partial charge in [-0.1, -0.05) is 17.4 Å². The number of nitrogens with zero attached hydrogens (tertiary/aromatic N) is 2. The number of benzene rings is 3. The van der Waals surface area contributed by atoms with Crippen LogP contribution in [0.5, 0.6) is 23.0 Å². The Morgan fingerprint density at radius 3 is 2.18 bits per heavy atom. The lowest BCUT2D eigenvalue weighted by molar-refractivity contribution is -0.132. The number of ketones is 1. The third kappa shape index (κ3) is 4.18. The maximum Gasteiger partial charge on any atom is 0.301 e. The number of carbonyl (C=O) groups is 2. The molecule has 38 heavy (non-hydrogen) atoms. The number of thiazole rings is 1. The first-order valence-electron chi connectivity index (χ1n) is 11.5. The summed E-state index contributed by atoms with van der Waals surface area (Å²) in [6, 6.07) is 16.1. The number of hydrogen-bond donors (Lipinski definition) is 1. The number of ether oxygens (including phenoxy) is 4. The Morgan fingerprint density at radius 1 is 0.842 bits per heavy atom. The lowest BCUT2D eigenvalue weighted by Gasteiger charge is -2.23. The molecule has 0 bridgehead atoms. The number of methoxy groups -OCH3 is 4. The van der Waals surface area contributed by atoms with Gasteiger partial charge in [0.25, 0.3) is 5.78 Å². The second kappa shape index (κ2) is 10.1. The van der Waals surface area contributed by atoms with E-state index in [1.165, 1.54) is 37.6 Å². The zero-order chi connectivity index (χ0) is 27.0. The second-order valence-corrected chi connectivity index (χ2v) is 9.35. The third-order valence-electron chi connectivity index (χ3n) is 6.32. The minimum absolute atomic E-state index is 0.0655. The van der Waals surface area contributed by atoms with Gasteiger partial charge < -0.3 is 24.1 Å². The number of hydrogen-bond acceptors (Lipinski definition) is 9. The highest BCUT2D eigenvalue weighted by molar-refractivity contribution is 7.22. The van der Waals surface area contributed by atoms with Crippen molar-refractivity contribution in [2.75, 3.05) is 33.3 Å². The SMILES string of the molecule is COc1ccc(/C(O)=C2\C(=O)C(=O)N(c3nc4ccc(OC)cc4s3)C2c2ccc(OC)c(OC)c2)cc1. The zero-order valence-electron chi connectivity index (χ0n) is 21.1. The molecule has 5 rings (SSSR count). The molecule has 0 spiro atoms. The van der Waals surface area contributed by atoms with Crippen molar-refractivity contribution in [3.05, 3.63) is 77.4 Å². The van der Waals surface area contributed by atoms with Crippen LogP contribution in [0.15, 0.2) is 66.2 Å². The van der Waals surface area contributed by atoms with Crippen LogP contribution in [-0.2, 0) is 9.59 Å². The summed E-state index contributed by atoms with van der Waals surface area (Å²) in [6.45, 7) is 0. The molecule has 1 fully saturated rings. The van der Waals surface area contributed by atoms with Crippen LogP contribution >= 0.6 is 11.3 Å². The first-order chi connectivity index (χ1) is 18.4. The van der Waals surface area contributed by atoms with E-state index in [-0.39, 0.29) is 11.3 Å². The van der Waals surface area contributed by atoms with Crippen LogP contribution in [0.3, 0.4) is 0 Å². The smallest absolute Gasteiger partial charge is 0.301 e. The van der Waals surface area contributed by atoms with Crippen LogP contribution in [-0.4, -0.2) is 50.2 Å². The molecule has 4 aromatic rings. The molecule has 0 aliphatic carbocycles. The van der Waals surface area contributed by atoms with Crippen molar-refractivity contribution in [1.82, 2.24) is 4.98 Å². The average molecular weight is 533 g/mol. The lowest BCUT2D eigenvalue weighted by atomic mass is 9.95. The van der Waals surface area contributed by atoms with E-state index in [9.17, 15) is 14.7 Å². The minimum atomic E-state index is -0.973. The van der Waals surface area contributed by atoms with Crippen LogP contribution in [0, 0.1) is 0 Å². The summed E-state index contributed by atoms with van der Waals surface area (Å²) in [7, 11) is 6.11. The van der Waals surface area contributed by atoms with E-state index in [1.54, 1.807) is 61.7 Å². The Bertz CT molecular complexity index is 1580. The molecule has 3 aromatic carbocycles. The van der Waals surface area contributed by atoms with Crippen LogP contribution in [0.4, 0.5) is 5.13 Å². The summed E-state index contributed by atoms with van der Waals surface area (Å²) < 4.78 is 22.1. The fourth-order valence-electron chi connectivity index (χ4n) is 4.40. The number of carbonyl (C=O) groups excluding carboxylic acids is 2. The summed E-state index contributed by atoms with van der Waals surface area (Å²) in [4.78, 5) is 32.9. The van der Waals surface area contributed by atoms with Gasteiger partial charge in [-0.15, -0.1) is 0 Å². The Hall–Kier alpha value is -4.57. The van der Waals surface area contributed by atoms with Crippen molar-refractivity contribution in [3.63, 3.8) is 0 Å². The minimum Gasteiger partial charge on any atom is -0.507 e. The van der Waals surface area contributed by atoms with E-state index >= 15 is 0 Å². The van der Waals surface area contributed by atoms with Crippen molar-refractivity contribution in [3.8, 4) is 23.0 Å². The number of aromatic nitrogens is 1. The molecule has 9 nitrogen and oxygen atoms in total. The molecule has 1 unspecified atom stereocenters. The monoisotopic (exact) mass is 532 g/mol. The zero-order valence-corrected chi connectivity index (χ0v) is 21.9. The van der Waals surface area contributed by atoms with Gasteiger partial charge in [0.15, 0.2) is 16.6 Å². The topological polar surface area (TPSA) is 107 Å². The van der Waals surface area contributed by atoms with E-state index in [1.807, 2.05) is 6.07 Å². The van der Waals surface area contributed by atoms with E-state index < -0.39 is 17.7 Å². The number of anilines is 1. The van der Waals surface area contributed by atoms with Crippen LogP contribution in [0.1, 0.15) is 17.2 Å². The van der Waals surface area contributed by atoms with E-state index in [0.717, 1.165) is 4.70 Å². The predicted molar refractivity (Wildman–Crippen MR) is 143 cm³/mol. The number of amides is 1. The Balaban J connectivity index is 1.72. The molecular formula is C28H24N2O7S. The fraction of sp³-hybridized carbons (Fsp3) is 0.179. The molecule has 2 heterocycles. The maximum atomic E-state index is 13.5. The third-order valence-corrected chi connectivity index (χ3v) is 7.34. The van der Waals surface area contributed by atoms with Crippen LogP contribution < -0.4 is 23.8 Å². The fourth-order valence-corrected chi connectivity index (χ4v) is 5.42. The molecule has 1 amide bonds. The van der Waals surface area contributed by atoms with Gasteiger partial charge in [-0.3, -0.25) is 14.5 Å².